The number of esters is 4. The fourth-order valence-corrected chi connectivity index (χ4v) is 6.00. The van der Waals surface area contributed by atoms with Gasteiger partial charge in [0.1, 0.15) is 34.3 Å². The Kier molecular flexibility index (Phi) is 23.7. The maximum absolute atomic E-state index is 12.6. The van der Waals surface area contributed by atoms with Crippen molar-refractivity contribution in [3.63, 3.8) is 0 Å². The van der Waals surface area contributed by atoms with E-state index in [1.165, 1.54) is 0 Å². The predicted octanol–water partition coefficient (Wildman–Crippen LogP) is 4.70. The normalized spacial score (nSPS) is 14.3. The second-order valence-corrected chi connectivity index (χ2v) is 18.2. The monoisotopic (exact) mass is 800 g/mol. The number of ether oxygens (including phenoxy) is 6. The van der Waals surface area contributed by atoms with Crippen LogP contribution in [0.25, 0.3) is 0 Å². The molecule has 0 N–H and O–H groups in total. The molecule has 0 amide bonds. The number of aryl methyl sites for hydroxylation is 1. The van der Waals surface area contributed by atoms with Gasteiger partial charge >= 0.3 is 23.9 Å². The van der Waals surface area contributed by atoms with Crippen molar-refractivity contribution in [1.82, 2.24) is 19.9 Å². The van der Waals surface area contributed by atoms with Gasteiger partial charge in [-0.25, -0.2) is 0 Å². The highest BCUT2D eigenvalue weighted by Gasteiger charge is 2.23. The van der Waals surface area contributed by atoms with Crippen LogP contribution in [-0.4, -0.2) is 138 Å². The fourth-order valence-electron chi connectivity index (χ4n) is 4.39. The van der Waals surface area contributed by atoms with Crippen molar-refractivity contribution in [3.8, 4) is 0 Å². The summed E-state index contributed by atoms with van der Waals surface area (Å²) in [5.41, 5.74) is -0.559. The highest BCUT2D eigenvalue weighted by Crippen LogP contribution is 2.25. The van der Waals surface area contributed by atoms with Crippen LogP contribution in [-0.2, 0) is 60.7 Å². The Morgan fingerprint density at radius 2 is 1.37 bits per heavy atom. The highest BCUT2D eigenvalue weighted by atomic mass is 32.2. The summed E-state index contributed by atoms with van der Waals surface area (Å²) in [5, 5.41) is 8.51. The molecule has 1 aromatic rings. The molecule has 2 radical (unpaired) electrons. The van der Waals surface area contributed by atoms with Gasteiger partial charge in [0.2, 0.25) is 0 Å². The average molecular weight is 801 g/mol. The van der Waals surface area contributed by atoms with E-state index in [0.717, 1.165) is 5.75 Å². The molecule has 0 aliphatic carbocycles. The zero-order valence-electron chi connectivity index (χ0n) is 34.3. The molecule has 0 saturated heterocycles. The number of aromatic nitrogens is 3. The molecule has 1 heterocycles. The Morgan fingerprint density at radius 3 is 1.89 bits per heavy atom. The first-order chi connectivity index (χ1) is 25.3. The minimum absolute atomic E-state index is 0.0213. The van der Waals surface area contributed by atoms with E-state index < -0.39 is 17.4 Å². The molecule has 3 unspecified atom stereocenters. The van der Waals surface area contributed by atoms with Crippen molar-refractivity contribution < 1.29 is 47.6 Å². The van der Waals surface area contributed by atoms with Gasteiger partial charge in [-0.05, 0) is 39.4 Å². The fraction of sp³-hybridized carbons (Fsp3) is 0.838. The van der Waals surface area contributed by atoms with Crippen LogP contribution < -0.4 is 0 Å². The van der Waals surface area contributed by atoms with E-state index in [1.54, 1.807) is 48.4 Å². The van der Waals surface area contributed by atoms with E-state index >= 15 is 0 Å². The summed E-state index contributed by atoms with van der Waals surface area (Å²) in [6, 6.07) is 0. The van der Waals surface area contributed by atoms with Gasteiger partial charge in [0.25, 0.3) is 0 Å². The van der Waals surface area contributed by atoms with Crippen LogP contribution in [0.1, 0.15) is 93.7 Å². The quantitative estimate of drug-likeness (QED) is 0.0475. The van der Waals surface area contributed by atoms with Crippen LogP contribution in [0.15, 0.2) is 6.20 Å². The van der Waals surface area contributed by atoms with Crippen LogP contribution in [0.5, 0.6) is 0 Å². The number of hydrogen-bond donors (Lipinski definition) is 0. The second kappa shape index (κ2) is 25.8. The van der Waals surface area contributed by atoms with Crippen molar-refractivity contribution in [2.45, 2.75) is 117 Å². The number of thioether (sulfide) groups is 2. The van der Waals surface area contributed by atoms with E-state index in [9.17, 15) is 19.2 Å². The molecule has 0 bridgehead atoms. The van der Waals surface area contributed by atoms with Gasteiger partial charge in [-0.2, -0.15) is 23.5 Å². The lowest BCUT2D eigenvalue weighted by Crippen LogP contribution is -2.34. The molecular weight excluding hydrogens is 735 g/mol. The minimum atomic E-state index is -0.880. The molecule has 54 heavy (non-hydrogen) atoms. The minimum Gasteiger partial charge on any atom is -0.462 e. The van der Waals surface area contributed by atoms with E-state index in [2.05, 4.69) is 31.1 Å². The first-order valence-electron chi connectivity index (χ1n) is 18.7. The third-order valence-corrected chi connectivity index (χ3v) is 10.8. The Balaban J connectivity index is 2.69. The molecule has 0 fully saturated rings. The van der Waals surface area contributed by atoms with Crippen LogP contribution >= 0.6 is 23.5 Å². The van der Waals surface area contributed by atoms with Crippen molar-refractivity contribution in [2.75, 3.05) is 70.5 Å². The summed E-state index contributed by atoms with van der Waals surface area (Å²) < 4.78 is 34.2. The lowest BCUT2D eigenvalue weighted by atomic mass is 9.80. The first-order valence-corrected chi connectivity index (χ1v) is 20.9. The van der Waals surface area contributed by atoms with E-state index in [-0.39, 0.29) is 86.5 Å². The molecule has 3 atom stereocenters. The summed E-state index contributed by atoms with van der Waals surface area (Å²) >= 11 is 3.34. The molecule has 0 spiro atoms. The lowest BCUT2D eigenvalue weighted by molar-refractivity contribution is -0.154. The predicted molar refractivity (Wildman–Crippen MR) is 212 cm³/mol. The smallest absolute Gasteiger partial charge is 0.309 e. The maximum atomic E-state index is 12.6. The standard InChI is InChI=1S/C37H65BN4O10S2/c1-11-53-26-28(2)33(45)50-22-20-48-31(43)12-16-41(17-13-32(44)49-21-23-51-34(46)29(3)27-54-35(4,5)6)24-30-25-42(40-39-30)18-14-37(9,38)52-19-15-36(7,8)47-10/h25,28-29H,11-24,26-27H2,1-10H3. The Labute approximate surface area is 332 Å². The van der Waals surface area contributed by atoms with Crippen molar-refractivity contribution in [2.24, 2.45) is 11.8 Å². The molecule has 14 nitrogen and oxygen atoms in total. The highest BCUT2D eigenvalue weighted by molar-refractivity contribution is 8.00. The van der Waals surface area contributed by atoms with E-state index in [4.69, 9.17) is 36.3 Å². The van der Waals surface area contributed by atoms with E-state index in [0.29, 0.717) is 49.7 Å². The van der Waals surface area contributed by atoms with Gasteiger partial charge in [0, 0.05) is 67.8 Å². The number of hydrogen-bond acceptors (Lipinski definition) is 15. The zero-order chi connectivity index (χ0) is 40.8. The van der Waals surface area contributed by atoms with Crippen LogP contribution in [0.4, 0.5) is 0 Å². The number of methoxy groups -OCH3 is 1. The number of carbonyl (C=O) groups is 4. The number of nitrogens with zero attached hydrogens (tertiary/aromatic N) is 4. The summed E-state index contributed by atoms with van der Waals surface area (Å²) in [6.07, 6.45) is 3.03. The molecule has 1 aromatic heterocycles. The third-order valence-electron chi connectivity index (χ3n) is 8.09. The van der Waals surface area contributed by atoms with Crippen molar-refractivity contribution in [3.05, 3.63) is 11.9 Å². The average Bonchev–Trinajstić information content (AvgIpc) is 3.56. The molecule has 1 rings (SSSR count). The molecule has 0 aromatic carbocycles. The molecule has 308 valence electrons. The summed E-state index contributed by atoms with van der Waals surface area (Å²) in [5.74, 6) is 0.119. The van der Waals surface area contributed by atoms with Crippen molar-refractivity contribution >= 4 is 55.2 Å². The summed E-state index contributed by atoms with van der Waals surface area (Å²) in [4.78, 5) is 51.5. The lowest BCUT2D eigenvalue weighted by Gasteiger charge is -2.29. The SMILES string of the molecule is [B]C(C)(CCn1cc(CN(CCC(=O)OCCOC(=O)C(C)CSCC)CCC(=O)OCCOC(=O)C(C)CSC(C)(C)C)nn1)OCCC(C)(C)OC. The number of carbonyl (C=O) groups excluding carboxylic acids is 4. The first kappa shape index (κ1) is 49.7. The van der Waals surface area contributed by atoms with E-state index in [1.807, 2.05) is 39.5 Å². The largest absolute Gasteiger partial charge is 0.462 e. The van der Waals surface area contributed by atoms with Gasteiger partial charge in [0.15, 0.2) is 0 Å². The zero-order valence-corrected chi connectivity index (χ0v) is 35.9. The van der Waals surface area contributed by atoms with Crippen LogP contribution in [0, 0.1) is 11.8 Å². The van der Waals surface area contributed by atoms with Crippen molar-refractivity contribution in [1.29, 1.82) is 0 Å². The Morgan fingerprint density at radius 1 is 0.833 bits per heavy atom. The Hall–Kier alpha value is -2.34. The van der Waals surface area contributed by atoms with Crippen LogP contribution in [0.2, 0.25) is 0 Å². The number of rotatable bonds is 29. The van der Waals surface area contributed by atoms with Gasteiger partial charge in [-0.3, -0.25) is 28.8 Å². The molecule has 0 saturated carbocycles. The van der Waals surface area contributed by atoms with Gasteiger partial charge < -0.3 is 28.4 Å². The molecule has 0 aliphatic heterocycles. The summed E-state index contributed by atoms with van der Waals surface area (Å²) in [7, 11) is 8.04. The summed E-state index contributed by atoms with van der Waals surface area (Å²) in [6.45, 7) is 19.3. The van der Waals surface area contributed by atoms with Crippen LogP contribution in [0.3, 0.4) is 0 Å². The van der Waals surface area contributed by atoms with Gasteiger partial charge in [0.05, 0.1) is 36.0 Å². The Bertz CT molecular complexity index is 1260. The third kappa shape index (κ3) is 24.2. The molecular formula is C37H65BN4O10S2. The van der Waals surface area contributed by atoms with Gasteiger partial charge in [-0.15, -0.1) is 5.10 Å². The maximum Gasteiger partial charge on any atom is 0.309 e. The van der Waals surface area contributed by atoms with Gasteiger partial charge in [-0.1, -0.05) is 46.8 Å². The topological polar surface area (TPSA) is 158 Å². The molecule has 17 heteroatoms. The molecule has 0 aliphatic rings. The second-order valence-electron chi connectivity index (χ2n) is 15.0.